The van der Waals surface area contributed by atoms with E-state index in [4.69, 9.17) is 4.74 Å². The standard InChI is InChI=1S/C17H22N2O12P2/c1-10-3-2-4-11(7-10)8-28-32(24,25)31-33(26,27)29-9-12-14(21)15(22)16(30-12)19-6-5-13(20)18-17(19)23/h2-7,12,14-16,21-22H,8-9H2,1H3,(H,24,25)(H,26,27)(H,18,20,23)/p-2/t12-,14-,15-,16-/m1/s1. The first-order chi connectivity index (χ1) is 15.4. The molecule has 2 unspecified atom stereocenters. The van der Waals surface area contributed by atoms with E-state index in [1.807, 2.05) is 0 Å². The van der Waals surface area contributed by atoms with Crippen molar-refractivity contribution in [3.63, 3.8) is 0 Å². The highest BCUT2D eigenvalue weighted by molar-refractivity contribution is 7.60. The quantitative estimate of drug-likeness (QED) is 0.351. The van der Waals surface area contributed by atoms with E-state index in [1.165, 1.54) is 0 Å². The minimum atomic E-state index is -5.28. The van der Waals surface area contributed by atoms with Gasteiger partial charge >= 0.3 is 13.5 Å². The second-order valence-corrected chi connectivity index (χ2v) is 10.1. The largest absolute Gasteiger partial charge is 0.858 e. The third-order valence-corrected chi connectivity index (χ3v) is 7.04. The summed E-state index contributed by atoms with van der Waals surface area (Å²) in [4.78, 5) is 36.6. The normalized spacial score (nSPS) is 26.6. The molecular weight excluding hydrogens is 486 g/mol. The van der Waals surface area contributed by atoms with Crippen molar-refractivity contribution in [2.45, 2.75) is 38.1 Å². The highest BCUT2D eigenvalue weighted by Gasteiger charge is 2.45. The van der Waals surface area contributed by atoms with E-state index in [1.54, 1.807) is 31.2 Å². The number of phosphoric ester groups is 2. The zero-order valence-electron chi connectivity index (χ0n) is 17.0. The molecule has 1 aromatic carbocycles. The van der Waals surface area contributed by atoms with E-state index in [0.717, 1.165) is 22.4 Å². The number of hydrogen-bond acceptors (Lipinski definition) is 12. The Balaban J connectivity index is 1.58. The van der Waals surface area contributed by atoms with Gasteiger partial charge in [0.05, 0.1) is 13.2 Å². The Hall–Kier alpha value is -1.96. The molecule has 1 fully saturated rings. The molecule has 0 aliphatic carbocycles. The van der Waals surface area contributed by atoms with Crippen LogP contribution in [-0.2, 0) is 33.8 Å². The lowest BCUT2D eigenvalue weighted by atomic mass is 10.1. The first-order valence-electron chi connectivity index (χ1n) is 9.34. The van der Waals surface area contributed by atoms with E-state index in [9.17, 15) is 39.0 Å². The molecule has 1 aromatic heterocycles. The highest BCUT2D eigenvalue weighted by atomic mass is 31.3. The van der Waals surface area contributed by atoms with Gasteiger partial charge in [0.2, 0.25) is 0 Å². The minimum absolute atomic E-state index is 0.453. The molecule has 6 atom stereocenters. The molecule has 182 valence electrons. The van der Waals surface area contributed by atoms with Crippen LogP contribution >= 0.6 is 15.6 Å². The van der Waals surface area contributed by atoms with E-state index in [-0.39, 0.29) is 0 Å². The Kier molecular flexibility index (Phi) is 7.87. The van der Waals surface area contributed by atoms with Crippen LogP contribution in [0.15, 0.2) is 41.3 Å². The van der Waals surface area contributed by atoms with Crippen LogP contribution in [0.2, 0.25) is 0 Å². The van der Waals surface area contributed by atoms with Crippen LogP contribution in [0.25, 0.3) is 0 Å². The number of hydrogen-bond donors (Lipinski definition) is 3. The lowest BCUT2D eigenvalue weighted by Gasteiger charge is -2.25. The molecule has 0 bridgehead atoms. The smallest absolute Gasteiger partial charge is 0.478 e. The second-order valence-electron chi connectivity index (χ2n) is 7.06. The van der Waals surface area contributed by atoms with Crippen molar-refractivity contribution in [2.24, 2.45) is 0 Å². The maximum absolute atomic E-state index is 12.0. The molecule has 2 aromatic rings. The number of benzene rings is 1. The van der Waals surface area contributed by atoms with Gasteiger partial charge in [-0.1, -0.05) is 29.8 Å². The van der Waals surface area contributed by atoms with Crippen molar-refractivity contribution in [2.75, 3.05) is 6.61 Å². The molecule has 1 aliphatic rings. The predicted molar refractivity (Wildman–Crippen MR) is 104 cm³/mol. The molecule has 1 aliphatic heterocycles. The van der Waals surface area contributed by atoms with Crippen LogP contribution in [-0.4, -0.2) is 49.6 Å². The van der Waals surface area contributed by atoms with Crippen molar-refractivity contribution in [1.29, 1.82) is 0 Å². The molecule has 16 heteroatoms. The number of ether oxygens (including phenoxy) is 1. The molecule has 0 saturated carbocycles. The molecule has 1 saturated heterocycles. The van der Waals surface area contributed by atoms with E-state index in [2.05, 4.69) is 18.3 Å². The fraction of sp³-hybridized carbons (Fsp3) is 0.412. The number of aromatic nitrogens is 2. The Morgan fingerprint density at radius 1 is 1.21 bits per heavy atom. The van der Waals surface area contributed by atoms with Crippen LogP contribution in [0.3, 0.4) is 0 Å². The van der Waals surface area contributed by atoms with Gasteiger partial charge in [-0.15, -0.1) is 0 Å². The summed E-state index contributed by atoms with van der Waals surface area (Å²) in [5.74, 6) is -0.825. The summed E-state index contributed by atoms with van der Waals surface area (Å²) < 4.78 is 43.2. The van der Waals surface area contributed by atoms with Crippen LogP contribution in [0.4, 0.5) is 0 Å². The topological polar surface area (TPSA) is 213 Å². The third kappa shape index (κ3) is 6.78. The number of aliphatic hydroxyl groups excluding tert-OH is 2. The molecule has 14 nitrogen and oxygen atoms in total. The molecule has 3 N–H and O–H groups in total. The number of rotatable bonds is 9. The van der Waals surface area contributed by atoms with Gasteiger partial charge in [0.25, 0.3) is 7.82 Å². The van der Waals surface area contributed by atoms with E-state index >= 15 is 0 Å². The summed E-state index contributed by atoms with van der Waals surface area (Å²) in [7, 11) is -10.5. The summed E-state index contributed by atoms with van der Waals surface area (Å²) in [6.45, 7) is 0.424. The second kappa shape index (κ2) is 10.1. The Bertz CT molecular complexity index is 1140. The monoisotopic (exact) mass is 506 g/mol. The van der Waals surface area contributed by atoms with Gasteiger partial charge in [-0.3, -0.25) is 13.7 Å². The van der Waals surface area contributed by atoms with E-state index in [0.29, 0.717) is 5.56 Å². The van der Waals surface area contributed by atoms with Crippen molar-refractivity contribution in [3.8, 4) is 5.88 Å². The zero-order valence-corrected chi connectivity index (χ0v) is 18.8. The summed E-state index contributed by atoms with van der Waals surface area (Å²) >= 11 is 0. The third-order valence-electron chi connectivity index (χ3n) is 4.49. The summed E-state index contributed by atoms with van der Waals surface area (Å²) in [5.41, 5.74) is 0.252. The lowest BCUT2D eigenvalue weighted by molar-refractivity contribution is -0.275. The van der Waals surface area contributed by atoms with Crippen molar-refractivity contribution in [3.05, 3.63) is 58.1 Å². The molecule has 2 heterocycles. The van der Waals surface area contributed by atoms with E-state index < -0.39 is 65.0 Å². The molecule has 33 heavy (non-hydrogen) atoms. The Morgan fingerprint density at radius 2 is 1.94 bits per heavy atom. The number of aryl methyl sites for hydroxylation is 1. The molecule has 0 radical (unpaired) electrons. The first-order valence-corrected chi connectivity index (χ1v) is 12.3. The summed E-state index contributed by atoms with van der Waals surface area (Å²) in [6.07, 6.45) is -5.37. The van der Waals surface area contributed by atoms with Gasteiger partial charge in [-0.05, 0) is 24.4 Å². The van der Waals surface area contributed by atoms with Crippen molar-refractivity contribution in [1.82, 2.24) is 9.55 Å². The van der Waals surface area contributed by atoms with Crippen LogP contribution in [0, 0.1) is 6.92 Å². The molecule has 3 rings (SSSR count). The van der Waals surface area contributed by atoms with Gasteiger partial charge < -0.3 is 34.4 Å². The SMILES string of the molecule is Cc1cccc(COP(=O)([O-])OP(=O)(O)OC[C@H]2O[C@@H](n3ccc([O-])nc3=O)[C@H](O)[C@@H]2O)c1. The zero-order chi connectivity index (χ0) is 24.4. The molecule has 0 amide bonds. The number of phosphoric acid groups is 2. The van der Waals surface area contributed by atoms with Gasteiger partial charge in [0.1, 0.15) is 18.3 Å². The summed E-state index contributed by atoms with van der Waals surface area (Å²) in [6, 6.07) is 7.58. The highest BCUT2D eigenvalue weighted by Crippen LogP contribution is 2.58. The maximum Gasteiger partial charge on any atom is 0.478 e. The number of aliphatic hydroxyl groups is 2. The van der Waals surface area contributed by atoms with Gasteiger partial charge in [0.15, 0.2) is 6.23 Å². The van der Waals surface area contributed by atoms with Crippen LogP contribution in [0.1, 0.15) is 17.4 Å². The van der Waals surface area contributed by atoms with Gasteiger partial charge in [-0.25, -0.2) is 18.7 Å². The first kappa shape index (κ1) is 25.7. The molecular formula is C17H20N2O12P2-2. The van der Waals surface area contributed by atoms with Gasteiger partial charge in [-0.2, -0.15) is 0 Å². The molecule has 0 spiro atoms. The van der Waals surface area contributed by atoms with Gasteiger partial charge in [0, 0.05) is 6.20 Å². The minimum Gasteiger partial charge on any atom is -0.858 e. The maximum atomic E-state index is 12.0. The summed E-state index contributed by atoms with van der Waals surface area (Å²) in [5, 5.41) is 31.3. The van der Waals surface area contributed by atoms with Crippen LogP contribution < -0.4 is 15.7 Å². The average Bonchev–Trinajstić information content (AvgIpc) is 2.99. The predicted octanol–water partition coefficient (Wildman–Crippen LogP) is -0.937. The van der Waals surface area contributed by atoms with Crippen molar-refractivity contribution >= 4 is 15.6 Å². The Labute approximate surface area is 186 Å². The Morgan fingerprint density at radius 3 is 2.61 bits per heavy atom. The fourth-order valence-corrected chi connectivity index (χ4v) is 5.01. The lowest BCUT2D eigenvalue weighted by Crippen LogP contribution is -2.36. The van der Waals surface area contributed by atoms with Crippen molar-refractivity contribution < 1.29 is 52.3 Å². The fourth-order valence-electron chi connectivity index (χ4n) is 2.98. The number of nitrogens with zero attached hydrogens (tertiary/aromatic N) is 2. The average molecular weight is 506 g/mol. The van der Waals surface area contributed by atoms with Crippen LogP contribution in [0.5, 0.6) is 5.88 Å².